The molecule has 0 aromatic heterocycles. The lowest BCUT2D eigenvalue weighted by molar-refractivity contribution is 0.300. The standard InChI is InChI=1S/C17H27N/c1-17-11-6-5-7-14(17)13-16(10-12-17)18-15-8-3-2-4-9-15/h7,13,15,18H,2-6,8-12H2,1H3. The van der Waals surface area contributed by atoms with E-state index in [0.717, 1.165) is 6.04 Å². The predicted molar refractivity (Wildman–Crippen MR) is 77.4 cm³/mol. The largest absolute Gasteiger partial charge is 0.386 e. The summed E-state index contributed by atoms with van der Waals surface area (Å²) < 4.78 is 0. The molecule has 1 heteroatoms. The molecule has 1 fully saturated rings. The molecule has 3 aliphatic rings. The Morgan fingerprint density at radius 2 is 1.94 bits per heavy atom. The van der Waals surface area contributed by atoms with Gasteiger partial charge >= 0.3 is 0 Å². The lowest BCUT2D eigenvalue weighted by Gasteiger charge is -2.39. The van der Waals surface area contributed by atoms with Crippen LogP contribution in [0.15, 0.2) is 23.4 Å². The van der Waals surface area contributed by atoms with E-state index in [1.54, 1.807) is 5.57 Å². The highest BCUT2D eigenvalue weighted by molar-refractivity contribution is 5.34. The minimum Gasteiger partial charge on any atom is -0.386 e. The average Bonchev–Trinajstić information content (AvgIpc) is 2.40. The lowest BCUT2D eigenvalue weighted by atomic mass is 9.68. The van der Waals surface area contributed by atoms with Crippen molar-refractivity contribution < 1.29 is 0 Å². The van der Waals surface area contributed by atoms with Gasteiger partial charge in [-0.15, -0.1) is 0 Å². The molecule has 0 radical (unpaired) electrons. The molecule has 1 nitrogen and oxygen atoms in total. The maximum absolute atomic E-state index is 3.83. The summed E-state index contributed by atoms with van der Waals surface area (Å²) >= 11 is 0. The summed E-state index contributed by atoms with van der Waals surface area (Å²) in [5.41, 5.74) is 3.64. The van der Waals surface area contributed by atoms with Crippen LogP contribution in [0.25, 0.3) is 0 Å². The zero-order chi connectivity index (χ0) is 12.4. The maximum Gasteiger partial charge on any atom is 0.0258 e. The van der Waals surface area contributed by atoms with Crippen molar-refractivity contribution in [3.05, 3.63) is 23.4 Å². The molecular formula is C17H27N. The van der Waals surface area contributed by atoms with Crippen LogP contribution in [-0.2, 0) is 0 Å². The summed E-state index contributed by atoms with van der Waals surface area (Å²) in [4.78, 5) is 0. The van der Waals surface area contributed by atoms with E-state index in [9.17, 15) is 0 Å². The van der Waals surface area contributed by atoms with Crippen molar-refractivity contribution >= 4 is 0 Å². The summed E-state index contributed by atoms with van der Waals surface area (Å²) in [5.74, 6) is 0. The van der Waals surface area contributed by atoms with Crippen LogP contribution < -0.4 is 5.32 Å². The fourth-order valence-corrected chi connectivity index (χ4v) is 3.94. The van der Waals surface area contributed by atoms with Gasteiger partial charge in [0, 0.05) is 11.7 Å². The Kier molecular flexibility index (Phi) is 3.50. The molecule has 0 aromatic rings. The summed E-state index contributed by atoms with van der Waals surface area (Å²) in [6.45, 7) is 2.46. The van der Waals surface area contributed by atoms with Gasteiger partial charge in [-0.2, -0.15) is 0 Å². The molecule has 1 N–H and O–H groups in total. The molecule has 0 saturated heterocycles. The molecule has 0 amide bonds. The fourth-order valence-electron chi connectivity index (χ4n) is 3.94. The SMILES string of the molecule is CC12CCCC=C1C=C(NC1CCCCC1)CC2. The van der Waals surface area contributed by atoms with Crippen molar-refractivity contribution in [2.24, 2.45) is 5.41 Å². The monoisotopic (exact) mass is 245 g/mol. The highest BCUT2D eigenvalue weighted by Gasteiger charge is 2.33. The van der Waals surface area contributed by atoms with Crippen LogP contribution in [0.2, 0.25) is 0 Å². The molecule has 1 saturated carbocycles. The highest BCUT2D eigenvalue weighted by Crippen LogP contribution is 2.45. The maximum atomic E-state index is 3.83. The minimum atomic E-state index is 0.496. The van der Waals surface area contributed by atoms with Gasteiger partial charge in [0.2, 0.25) is 0 Å². The molecule has 0 spiro atoms. The molecule has 3 rings (SSSR count). The fraction of sp³-hybridized carbons (Fsp3) is 0.765. The first-order valence-electron chi connectivity index (χ1n) is 7.94. The van der Waals surface area contributed by atoms with Gasteiger partial charge in [0.25, 0.3) is 0 Å². The Morgan fingerprint density at radius 3 is 2.78 bits per heavy atom. The van der Waals surface area contributed by atoms with E-state index in [1.807, 2.05) is 0 Å². The third-order valence-electron chi connectivity index (χ3n) is 5.26. The molecule has 18 heavy (non-hydrogen) atoms. The minimum absolute atomic E-state index is 0.496. The predicted octanol–water partition coefficient (Wildman–Crippen LogP) is 4.70. The quantitative estimate of drug-likeness (QED) is 0.743. The second kappa shape index (κ2) is 5.11. The van der Waals surface area contributed by atoms with Crippen molar-refractivity contribution in [3.8, 4) is 0 Å². The summed E-state index contributed by atoms with van der Waals surface area (Å²) in [6.07, 6.45) is 18.7. The Balaban J connectivity index is 1.68. The molecule has 1 atom stereocenters. The third-order valence-corrected chi connectivity index (χ3v) is 5.26. The zero-order valence-electron chi connectivity index (χ0n) is 11.8. The van der Waals surface area contributed by atoms with Gasteiger partial charge in [0.15, 0.2) is 0 Å². The van der Waals surface area contributed by atoms with Crippen LogP contribution in [0.5, 0.6) is 0 Å². The smallest absolute Gasteiger partial charge is 0.0258 e. The number of allylic oxidation sites excluding steroid dienone is 4. The van der Waals surface area contributed by atoms with Crippen LogP contribution in [-0.4, -0.2) is 6.04 Å². The summed E-state index contributed by atoms with van der Waals surface area (Å²) in [5, 5.41) is 3.83. The van der Waals surface area contributed by atoms with Gasteiger partial charge in [0.1, 0.15) is 0 Å². The second-order valence-electron chi connectivity index (χ2n) is 6.76. The van der Waals surface area contributed by atoms with Crippen LogP contribution in [0, 0.1) is 5.41 Å². The van der Waals surface area contributed by atoms with Gasteiger partial charge in [-0.25, -0.2) is 0 Å². The molecule has 0 bridgehead atoms. The molecule has 0 aromatic carbocycles. The second-order valence-corrected chi connectivity index (χ2v) is 6.76. The van der Waals surface area contributed by atoms with E-state index >= 15 is 0 Å². The van der Waals surface area contributed by atoms with Crippen molar-refractivity contribution in [2.75, 3.05) is 0 Å². The molecular weight excluding hydrogens is 218 g/mol. The van der Waals surface area contributed by atoms with Gasteiger partial charge in [-0.05, 0) is 62.0 Å². The molecule has 100 valence electrons. The van der Waals surface area contributed by atoms with Crippen molar-refractivity contribution in [3.63, 3.8) is 0 Å². The first-order valence-corrected chi connectivity index (χ1v) is 7.94. The van der Waals surface area contributed by atoms with Gasteiger partial charge in [0.05, 0.1) is 0 Å². The van der Waals surface area contributed by atoms with Crippen LogP contribution in [0.3, 0.4) is 0 Å². The summed E-state index contributed by atoms with van der Waals surface area (Å²) in [7, 11) is 0. The first kappa shape index (κ1) is 12.3. The van der Waals surface area contributed by atoms with Crippen molar-refractivity contribution in [1.29, 1.82) is 0 Å². The number of hydrogen-bond acceptors (Lipinski definition) is 1. The average molecular weight is 245 g/mol. The highest BCUT2D eigenvalue weighted by atomic mass is 14.9. The Bertz CT molecular complexity index is 360. The number of fused-ring (bicyclic) bond motifs is 1. The van der Waals surface area contributed by atoms with Crippen LogP contribution >= 0.6 is 0 Å². The molecule has 0 aliphatic heterocycles. The van der Waals surface area contributed by atoms with E-state index in [0.29, 0.717) is 5.41 Å². The Labute approximate surface area is 112 Å². The lowest BCUT2D eigenvalue weighted by Crippen LogP contribution is -2.34. The number of rotatable bonds is 2. The Hall–Kier alpha value is -0.720. The molecule has 1 unspecified atom stereocenters. The van der Waals surface area contributed by atoms with E-state index in [2.05, 4.69) is 24.4 Å². The topological polar surface area (TPSA) is 12.0 Å². The normalized spacial score (nSPS) is 33.4. The number of nitrogens with one attached hydrogen (secondary N) is 1. The number of hydrogen-bond donors (Lipinski definition) is 1. The van der Waals surface area contributed by atoms with Gasteiger partial charge in [-0.3, -0.25) is 0 Å². The van der Waals surface area contributed by atoms with Gasteiger partial charge in [-0.1, -0.05) is 32.3 Å². The van der Waals surface area contributed by atoms with Crippen LogP contribution in [0.4, 0.5) is 0 Å². The first-order chi connectivity index (χ1) is 8.76. The Morgan fingerprint density at radius 1 is 1.11 bits per heavy atom. The van der Waals surface area contributed by atoms with E-state index in [4.69, 9.17) is 0 Å². The van der Waals surface area contributed by atoms with Crippen LogP contribution in [0.1, 0.15) is 71.1 Å². The van der Waals surface area contributed by atoms with Crippen molar-refractivity contribution in [2.45, 2.75) is 77.2 Å². The molecule has 0 heterocycles. The van der Waals surface area contributed by atoms with Gasteiger partial charge < -0.3 is 5.32 Å². The molecule has 3 aliphatic carbocycles. The van der Waals surface area contributed by atoms with E-state index < -0.39 is 0 Å². The third kappa shape index (κ3) is 2.50. The zero-order valence-corrected chi connectivity index (χ0v) is 11.8. The van der Waals surface area contributed by atoms with E-state index in [-0.39, 0.29) is 0 Å². The van der Waals surface area contributed by atoms with Crippen molar-refractivity contribution in [1.82, 2.24) is 5.32 Å². The summed E-state index contributed by atoms with van der Waals surface area (Å²) in [6, 6.07) is 0.763. The van der Waals surface area contributed by atoms with E-state index in [1.165, 1.54) is 69.9 Å².